The zero-order chi connectivity index (χ0) is 13.0. The Morgan fingerprint density at radius 3 is 2.89 bits per heavy atom. The molecular weight excluding hydrogens is 234 g/mol. The molecule has 0 radical (unpaired) electrons. The van der Waals surface area contributed by atoms with Gasteiger partial charge in [-0.3, -0.25) is 9.69 Å². The lowest BCUT2D eigenvalue weighted by molar-refractivity contribution is -0.137. The molecule has 1 aromatic rings. The van der Waals surface area contributed by atoms with Gasteiger partial charge >= 0.3 is 12.1 Å². The lowest BCUT2D eigenvalue weighted by Gasteiger charge is -2.25. The third-order valence-electron chi connectivity index (χ3n) is 2.57. The molecule has 1 aliphatic heterocycles. The molecule has 1 amide bonds. The van der Waals surface area contributed by atoms with Crippen molar-refractivity contribution < 1.29 is 19.4 Å². The molecule has 0 aromatic heterocycles. The second kappa shape index (κ2) is 5.35. The van der Waals surface area contributed by atoms with Crippen molar-refractivity contribution >= 4 is 23.8 Å². The fourth-order valence-electron chi connectivity index (χ4n) is 1.73. The third-order valence-corrected chi connectivity index (χ3v) is 2.57. The fraction of sp³-hybridized carbons (Fsp3) is 0.231. The number of amides is 1. The highest BCUT2D eigenvalue weighted by molar-refractivity contribution is 5.92. The number of benzene rings is 1. The Kier molecular flexibility index (Phi) is 3.62. The molecule has 1 heterocycles. The van der Waals surface area contributed by atoms with E-state index in [1.165, 1.54) is 4.90 Å². The van der Waals surface area contributed by atoms with Gasteiger partial charge in [-0.1, -0.05) is 30.4 Å². The van der Waals surface area contributed by atoms with Crippen molar-refractivity contribution in [3.05, 3.63) is 35.9 Å². The summed E-state index contributed by atoms with van der Waals surface area (Å²) >= 11 is 0. The van der Waals surface area contributed by atoms with Gasteiger partial charge in [-0.2, -0.15) is 0 Å². The number of hydrogen-bond donors (Lipinski definition) is 1. The number of carboxylic acids is 1. The van der Waals surface area contributed by atoms with Crippen LogP contribution in [0.3, 0.4) is 0 Å². The van der Waals surface area contributed by atoms with Gasteiger partial charge in [0.25, 0.3) is 0 Å². The number of ether oxygens (including phenoxy) is 1. The number of para-hydroxylation sites is 1. The molecule has 5 nitrogen and oxygen atoms in total. The summed E-state index contributed by atoms with van der Waals surface area (Å²) in [5, 5.41) is 8.48. The molecule has 0 saturated heterocycles. The van der Waals surface area contributed by atoms with Crippen LogP contribution in [0.1, 0.15) is 12.0 Å². The molecular formula is C13H13NO4. The van der Waals surface area contributed by atoms with Crippen LogP contribution >= 0.6 is 0 Å². The molecule has 0 unspecified atom stereocenters. The highest BCUT2D eigenvalue weighted by Crippen LogP contribution is 2.25. The van der Waals surface area contributed by atoms with Crippen LogP contribution in [0.5, 0.6) is 0 Å². The topological polar surface area (TPSA) is 66.8 Å². The molecule has 0 fully saturated rings. The maximum Gasteiger partial charge on any atom is 0.414 e. The quantitative estimate of drug-likeness (QED) is 0.888. The average molecular weight is 247 g/mol. The standard InChI is InChI=1S/C13H13NO4/c15-12(16)7-9-18-13(17)14-8-3-5-10-4-1-2-6-11(10)14/h1-6H,7-9H2,(H,15,16). The summed E-state index contributed by atoms with van der Waals surface area (Å²) in [4.78, 5) is 23.6. The molecule has 2 rings (SSSR count). The molecule has 18 heavy (non-hydrogen) atoms. The van der Waals surface area contributed by atoms with Crippen molar-refractivity contribution in [2.24, 2.45) is 0 Å². The Morgan fingerprint density at radius 1 is 1.33 bits per heavy atom. The minimum Gasteiger partial charge on any atom is -0.481 e. The SMILES string of the molecule is O=C(O)CCOC(=O)N1CC=Cc2ccccc21. The van der Waals surface area contributed by atoms with Gasteiger partial charge in [-0.25, -0.2) is 4.79 Å². The first-order valence-electron chi connectivity index (χ1n) is 5.60. The van der Waals surface area contributed by atoms with Gasteiger partial charge in [-0.05, 0) is 11.6 Å². The van der Waals surface area contributed by atoms with Crippen LogP contribution in [0, 0.1) is 0 Å². The van der Waals surface area contributed by atoms with Gasteiger partial charge in [0.15, 0.2) is 0 Å². The number of aliphatic carboxylic acids is 1. The van der Waals surface area contributed by atoms with E-state index in [1.54, 1.807) is 0 Å². The first-order valence-corrected chi connectivity index (χ1v) is 5.60. The highest BCUT2D eigenvalue weighted by atomic mass is 16.6. The summed E-state index contributed by atoms with van der Waals surface area (Å²) in [7, 11) is 0. The zero-order valence-electron chi connectivity index (χ0n) is 9.70. The van der Waals surface area contributed by atoms with Crippen LogP contribution in [0.2, 0.25) is 0 Å². The number of carbonyl (C=O) groups excluding carboxylic acids is 1. The van der Waals surface area contributed by atoms with Crippen molar-refractivity contribution in [1.29, 1.82) is 0 Å². The Balaban J connectivity index is 2.03. The monoisotopic (exact) mass is 247 g/mol. The summed E-state index contributed by atoms with van der Waals surface area (Å²) in [6, 6.07) is 7.47. The first kappa shape index (κ1) is 12.2. The summed E-state index contributed by atoms with van der Waals surface area (Å²) in [5.74, 6) is -0.984. The molecule has 94 valence electrons. The van der Waals surface area contributed by atoms with Crippen LogP contribution in [-0.4, -0.2) is 30.3 Å². The maximum atomic E-state index is 11.8. The smallest absolute Gasteiger partial charge is 0.414 e. The second-order valence-corrected chi connectivity index (χ2v) is 3.83. The molecule has 1 aromatic carbocycles. The molecule has 0 saturated carbocycles. The largest absolute Gasteiger partial charge is 0.481 e. The van der Waals surface area contributed by atoms with E-state index in [0.717, 1.165) is 11.3 Å². The van der Waals surface area contributed by atoms with E-state index >= 15 is 0 Å². The van der Waals surface area contributed by atoms with E-state index in [2.05, 4.69) is 0 Å². The highest BCUT2D eigenvalue weighted by Gasteiger charge is 2.20. The first-order chi connectivity index (χ1) is 8.68. The van der Waals surface area contributed by atoms with Crippen molar-refractivity contribution in [3.8, 4) is 0 Å². The van der Waals surface area contributed by atoms with E-state index in [4.69, 9.17) is 9.84 Å². The summed E-state index contributed by atoms with van der Waals surface area (Å²) < 4.78 is 4.92. The molecule has 0 atom stereocenters. The van der Waals surface area contributed by atoms with E-state index in [-0.39, 0.29) is 13.0 Å². The number of anilines is 1. The Bertz CT molecular complexity index is 496. The van der Waals surface area contributed by atoms with Crippen LogP contribution in [-0.2, 0) is 9.53 Å². The number of fused-ring (bicyclic) bond motifs is 1. The maximum absolute atomic E-state index is 11.8. The second-order valence-electron chi connectivity index (χ2n) is 3.83. The van der Waals surface area contributed by atoms with E-state index in [1.807, 2.05) is 36.4 Å². The number of hydrogen-bond acceptors (Lipinski definition) is 3. The lowest BCUT2D eigenvalue weighted by Crippen LogP contribution is -2.34. The average Bonchev–Trinajstić information content (AvgIpc) is 2.37. The number of rotatable bonds is 3. The number of carbonyl (C=O) groups is 2. The predicted molar refractivity (Wildman–Crippen MR) is 66.4 cm³/mol. The number of nitrogens with zero attached hydrogens (tertiary/aromatic N) is 1. The van der Waals surface area contributed by atoms with Crippen LogP contribution in [0.25, 0.3) is 6.08 Å². The van der Waals surface area contributed by atoms with Gasteiger partial charge in [0.2, 0.25) is 0 Å². The Hall–Kier alpha value is -2.30. The van der Waals surface area contributed by atoms with Crippen molar-refractivity contribution in [2.75, 3.05) is 18.1 Å². The van der Waals surface area contributed by atoms with Crippen LogP contribution in [0.15, 0.2) is 30.3 Å². The van der Waals surface area contributed by atoms with Crippen LogP contribution < -0.4 is 4.90 Å². The molecule has 5 heteroatoms. The summed E-state index contributed by atoms with van der Waals surface area (Å²) in [6.07, 6.45) is 3.10. The van der Waals surface area contributed by atoms with Crippen molar-refractivity contribution in [3.63, 3.8) is 0 Å². The molecule has 1 N–H and O–H groups in total. The molecule has 1 aliphatic rings. The van der Waals surface area contributed by atoms with Gasteiger partial charge in [0, 0.05) is 6.54 Å². The molecule has 0 bridgehead atoms. The van der Waals surface area contributed by atoms with Gasteiger partial charge in [-0.15, -0.1) is 0 Å². The van der Waals surface area contributed by atoms with E-state index < -0.39 is 12.1 Å². The lowest BCUT2D eigenvalue weighted by atomic mass is 10.1. The van der Waals surface area contributed by atoms with Crippen molar-refractivity contribution in [1.82, 2.24) is 0 Å². The minimum atomic E-state index is -0.984. The fourth-order valence-corrected chi connectivity index (χ4v) is 1.73. The number of carboxylic acid groups (broad SMARTS) is 1. The van der Waals surface area contributed by atoms with Gasteiger partial charge < -0.3 is 9.84 Å². The predicted octanol–water partition coefficient (Wildman–Crippen LogP) is 2.13. The third kappa shape index (κ3) is 2.68. The van der Waals surface area contributed by atoms with Crippen LogP contribution in [0.4, 0.5) is 10.5 Å². The summed E-state index contributed by atoms with van der Waals surface area (Å²) in [5.41, 5.74) is 1.72. The van der Waals surface area contributed by atoms with Gasteiger partial charge in [0.05, 0.1) is 12.1 Å². The minimum absolute atomic E-state index is 0.115. The summed E-state index contributed by atoms with van der Waals surface area (Å²) in [6.45, 7) is 0.319. The Morgan fingerprint density at radius 2 is 2.11 bits per heavy atom. The van der Waals surface area contributed by atoms with E-state index in [9.17, 15) is 9.59 Å². The van der Waals surface area contributed by atoms with Gasteiger partial charge in [0.1, 0.15) is 6.61 Å². The molecule has 0 aliphatic carbocycles. The molecule has 0 spiro atoms. The van der Waals surface area contributed by atoms with E-state index in [0.29, 0.717) is 6.54 Å². The van der Waals surface area contributed by atoms with Crippen molar-refractivity contribution in [2.45, 2.75) is 6.42 Å². The zero-order valence-corrected chi connectivity index (χ0v) is 9.70. The Labute approximate surface area is 104 Å². The normalized spacial score (nSPS) is 13.0.